The molecule has 1 N–H and O–H groups in total. The predicted octanol–water partition coefficient (Wildman–Crippen LogP) is 2.09. The number of aromatic nitrogens is 2. The van der Waals surface area contributed by atoms with Gasteiger partial charge in [0, 0.05) is 26.5 Å². The zero-order valence-corrected chi connectivity index (χ0v) is 10.5. The van der Waals surface area contributed by atoms with Crippen LogP contribution < -0.4 is 5.32 Å². The number of nitrogens with zero attached hydrogens (tertiary/aromatic N) is 2. The summed E-state index contributed by atoms with van der Waals surface area (Å²) in [6.07, 6.45) is -2.16. The van der Waals surface area contributed by atoms with Crippen LogP contribution in [0.3, 0.4) is 0 Å². The molecule has 1 rings (SSSR count). The highest BCUT2D eigenvalue weighted by atomic mass is 19.4. The van der Waals surface area contributed by atoms with Gasteiger partial charge in [0.25, 0.3) is 0 Å². The Morgan fingerprint density at radius 1 is 1.50 bits per heavy atom. The molecule has 0 bridgehead atoms. The molecule has 0 saturated carbocycles. The first-order valence-electron chi connectivity index (χ1n) is 5.77. The maximum atomic E-state index is 12.4. The van der Waals surface area contributed by atoms with Crippen LogP contribution in [0.1, 0.15) is 25.1 Å². The fraction of sp³-hybridized carbons (Fsp3) is 0.727. The third kappa shape index (κ3) is 4.66. The molecule has 0 radical (unpaired) electrons. The predicted molar refractivity (Wildman–Crippen MR) is 61.3 cm³/mol. The minimum atomic E-state index is -4.38. The van der Waals surface area contributed by atoms with Crippen LogP contribution in [-0.2, 0) is 10.9 Å². The van der Waals surface area contributed by atoms with Gasteiger partial charge in [0.15, 0.2) is 5.69 Å². The number of ether oxygens (including phenoxy) is 1. The summed E-state index contributed by atoms with van der Waals surface area (Å²) in [4.78, 5) is 0. The Balaban J connectivity index is 2.37. The summed E-state index contributed by atoms with van der Waals surface area (Å²) in [5, 5.41) is 6.67. The number of hydrogen-bond acceptors (Lipinski definition) is 3. The first kappa shape index (κ1) is 15.0. The second-order valence-corrected chi connectivity index (χ2v) is 4.08. The fourth-order valence-electron chi connectivity index (χ4n) is 1.48. The Kier molecular flexibility index (Phi) is 5.61. The van der Waals surface area contributed by atoms with Crippen LogP contribution in [-0.4, -0.2) is 36.6 Å². The minimum Gasteiger partial charge on any atom is -0.385 e. The van der Waals surface area contributed by atoms with Crippen LogP contribution in [0.15, 0.2) is 12.3 Å². The average Bonchev–Trinajstić information content (AvgIpc) is 2.77. The number of nitrogens with one attached hydrogen (secondary N) is 1. The molecule has 1 heterocycles. The van der Waals surface area contributed by atoms with Crippen LogP contribution in [0.25, 0.3) is 0 Å². The summed E-state index contributed by atoms with van der Waals surface area (Å²) in [5.41, 5.74) is -0.853. The van der Waals surface area contributed by atoms with Crippen molar-refractivity contribution in [3.05, 3.63) is 18.0 Å². The third-order valence-corrected chi connectivity index (χ3v) is 2.49. The Morgan fingerprint density at radius 3 is 2.78 bits per heavy atom. The number of methoxy groups -OCH3 is 1. The van der Waals surface area contributed by atoms with E-state index in [1.54, 1.807) is 7.11 Å². The largest absolute Gasteiger partial charge is 0.435 e. The van der Waals surface area contributed by atoms with Crippen molar-refractivity contribution in [1.82, 2.24) is 15.1 Å². The van der Waals surface area contributed by atoms with E-state index in [9.17, 15) is 13.2 Å². The normalized spacial score (nSPS) is 13.8. The van der Waals surface area contributed by atoms with Gasteiger partial charge in [-0.15, -0.1) is 0 Å². The van der Waals surface area contributed by atoms with Crippen LogP contribution in [0.5, 0.6) is 0 Å². The fourth-order valence-corrected chi connectivity index (χ4v) is 1.48. The van der Waals surface area contributed by atoms with Crippen LogP contribution in [0.2, 0.25) is 0 Å². The summed E-state index contributed by atoms with van der Waals surface area (Å²) >= 11 is 0. The second kappa shape index (κ2) is 6.75. The first-order chi connectivity index (χ1) is 8.45. The standard InChI is InChI=1S/C11H18F3N3O/c1-9(8-15-5-3-7-18-2)17-6-4-10(16-17)11(12,13)14/h4,6,9,15H,3,5,7-8H2,1-2H3. The van der Waals surface area contributed by atoms with Gasteiger partial charge in [-0.1, -0.05) is 0 Å². The molecule has 1 atom stereocenters. The summed E-state index contributed by atoms with van der Waals surface area (Å²) in [5.74, 6) is 0. The van der Waals surface area contributed by atoms with Gasteiger partial charge in [0.2, 0.25) is 0 Å². The van der Waals surface area contributed by atoms with Crippen LogP contribution in [0, 0.1) is 0 Å². The van der Waals surface area contributed by atoms with Gasteiger partial charge in [0.05, 0.1) is 6.04 Å². The molecule has 0 aliphatic heterocycles. The molecular weight excluding hydrogens is 247 g/mol. The molecule has 4 nitrogen and oxygen atoms in total. The summed E-state index contributed by atoms with van der Waals surface area (Å²) in [6.45, 7) is 3.83. The lowest BCUT2D eigenvalue weighted by Gasteiger charge is -2.13. The second-order valence-electron chi connectivity index (χ2n) is 4.08. The van der Waals surface area contributed by atoms with E-state index in [1.165, 1.54) is 10.9 Å². The number of rotatable bonds is 7. The third-order valence-electron chi connectivity index (χ3n) is 2.49. The lowest BCUT2D eigenvalue weighted by molar-refractivity contribution is -0.141. The molecule has 1 aromatic rings. The highest BCUT2D eigenvalue weighted by Crippen LogP contribution is 2.27. The minimum absolute atomic E-state index is 0.122. The summed E-state index contributed by atoms with van der Waals surface area (Å²) in [6, 6.07) is 0.866. The van der Waals surface area contributed by atoms with Crippen molar-refractivity contribution >= 4 is 0 Å². The van der Waals surface area contributed by atoms with Gasteiger partial charge in [-0.3, -0.25) is 4.68 Å². The van der Waals surface area contributed by atoms with Gasteiger partial charge in [-0.05, 0) is 26.0 Å². The van der Waals surface area contributed by atoms with Crippen molar-refractivity contribution in [2.45, 2.75) is 25.6 Å². The molecule has 0 spiro atoms. The van der Waals surface area contributed by atoms with E-state index in [2.05, 4.69) is 10.4 Å². The van der Waals surface area contributed by atoms with E-state index in [1.807, 2.05) is 6.92 Å². The molecule has 0 fully saturated rings. The Labute approximate surface area is 104 Å². The van der Waals surface area contributed by atoms with E-state index in [0.717, 1.165) is 19.0 Å². The molecular formula is C11H18F3N3O. The van der Waals surface area contributed by atoms with E-state index in [-0.39, 0.29) is 6.04 Å². The molecule has 1 aromatic heterocycles. The molecule has 7 heteroatoms. The van der Waals surface area contributed by atoms with Gasteiger partial charge < -0.3 is 10.1 Å². The lowest BCUT2D eigenvalue weighted by Crippen LogP contribution is -2.25. The zero-order chi connectivity index (χ0) is 13.6. The molecule has 1 unspecified atom stereocenters. The van der Waals surface area contributed by atoms with Gasteiger partial charge in [-0.25, -0.2) is 0 Å². The molecule has 0 aliphatic carbocycles. The van der Waals surface area contributed by atoms with Gasteiger partial charge in [-0.2, -0.15) is 18.3 Å². The average molecular weight is 265 g/mol. The van der Waals surface area contributed by atoms with Gasteiger partial charge >= 0.3 is 6.18 Å². The van der Waals surface area contributed by atoms with E-state index in [4.69, 9.17) is 4.74 Å². The maximum absolute atomic E-state index is 12.4. The molecule has 18 heavy (non-hydrogen) atoms. The molecule has 104 valence electrons. The van der Waals surface area contributed by atoms with Crippen molar-refractivity contribution in [3.63, 3.8) is 0 Å². The molecule has 0 aliphatic rings. The maximum Gasteiger partial charge on any atom is 0.435 e. The Morgan fingerprint density at radius 2 is 2.22 bits per heavy atom. The van der Waals surface area contributed by atoms with E-state index >= 15 is 0 Å². The highest BCUT2D eigenvalue weighted by Gasteiger charge is 2.33. The van der Waals surface area contributed by atoms with Crippen LogP contribution >= 0.6 is 0 Å². The van der Waals surface area contributed by atoms with Crippen LogP contribution in [0.4, 0.5) is 13.2 Å². The molecule has 0 saturated heterocycles. The number of halogens is 3. The molecule has 0 aromatic carbocycles. The Bertz CT molecular complexity index is 352. The van der Waals surface area contributed by atoms with E-state index in [0.29, 0.717) is 13.2 Å². The van der Waals surface area contributed by atoms with Crippen molar-refractivity contribution in [3.8, 4) is 0 Å². The SMILES string of the molecule is COCCCNCC(C)n1ccc(C(F)(F)F)n1. The smallest absolute Gasteiger partial charge is 0.385 e. The Hall–Kier alpha value is -1.08. The summed E-state index contributed by atoms with van der Waals surface area (Å²) in [7, 11) is 1.63. The van der Waals surface area contributed by atoms with Crippen molar-refractivity contribution in [1.29, 1.82) is 0 Å². The number of alkyl halides is 3. The first-order valence-corrected chi connectivity index (χ1v) is 5.77. The van der Waals surface area contributed by atoms with E-state index < -0.39 is 11.9 Å². The molecule has 0 amide bonds. The van der Waals surface area contributed by atoms with Gasteiger partial charge in [0.1, 0.15) is 0 Å². The number of hydrogen-bond donors (Lipinski definition) is 1. The highest BCUT2D eigenvalue weighted by molar-refractivity contribution is 5.03. The zero-order valence-electron chi connectivity index (χ0n) is 10.5. The van der Waals surface area contributed by atoms with Crippen molar-refractivity contribution in [2.75, 3.05) is 26.8 Å². The monoisotopic (exact) mass is 265 g/mol. The lowest BCUT2D eigenvalue weighted by atomic mass is 10.3. The van der Waals surface area contributed by atoms with Crippen molar-refractivity contribution in [2.24, 2.45) is 0 Å². The van der Waals surface area contributed by atoms with Crippen molar-refractivity contribution < 1.29 is 17.9 Å². The quantitative estimate of drug-likeness (QED) is 0.767. The summed E-state index contributed by atoms with van der Waals surface area (Å²) < 4.78 is 43.3. The topological polar surface area (TPSA) is 39.1 Å².